The highest BCUT2D eigenvalue weighted by Gasteiger charge is 2.19. The monoisotopic (exact) mass is 674 g/mol. The molecular formula is C53H38. The van der Waals surface area contributed by atoms with E-state index in [2.05, 4.69) is 195 Å². The highest BCUT2D eigenvalue weighted by Crippen LogP contribution is 2.46. The summed E-state index contributed by atoms with van der Waals surface area (Å²) < 4.78 is 0. The van der Waals surface area contributed by atoms with Gasteiger partial charge in [0.15, 0.2) is 0 Å². The second kappa shape index (κ2) is 14.1. The van der Waals surface area contributed by atoms with E-state index in [1.807, 2.05) is 12.2 Å². The maximum atomic E-state index is 3.80. The van der Waals surface area contributed by atoms with Crippen molar-refractivity contribution in [2.75, 3.05) is 0 Å². The molecule has 53 heavy (non-hydrogen) atoms. The molecule has 0 saturated heterocycles. The fourth-order valence-corrected chi connectivity index (χ4v) is 7.90. The van der Waals surface area contributed by atoms with Crippen LogP contribution in [0.4, 0.5) is 0 Å². The third kappa shape index (κ3) is 6.15. The van der Waals surface area contributed by atoms with Crippen LogP contribution in [0.25, 0.3) is 87.6 Å². The van der Waals surface area contributed by atoms with Gasteiger partial charge in [0, 0.05) is 0 Å². The van der Waals surface area contributed by atoms with Crippen LogP contribution in [0.1, 0.15) is 5.56 Å². The van der Waals surface area contributed by atoms with E-state index in [-0.39, 0.29) is 0 Å². The number of fused-ring (bicyclic) bond motifs is 4. The summed E-state index contributed by atoms with van der Waals surface area (Å²) in [7, 11) is 0. The van der Waals surface area contributed by atoms with Crippen molar-refractivity contribution < 1.29 is 0 Å². The van der Waals surface area contributed by atoms with Gasteiger partial charge in [-0.3, -0.25) is 0 Å². The zero-order valence-electron chi connectivity index (χ0n) is 29.5. The van der Waals surface area contributed by atoms with E-state index >= 15 is 0 Å². The van der Waals surface area contributed by atoms with Crippen LogP contribution in [0.5, 0.6) is 0 Å². The van der Waals surface area contributed by atoms with Gasteiger partial charge in [0.2, 0.25) is 0 Å². The van der Waals surface area contributed by atoms with Gasteiger partial charge in [-0.1, -0.05) is 201 Å². The molecule has 0 atom stereocenters. The quantitative estimate of drug-likeness (QED) is 0.111. The lowest BCUT2D eigenvalue weighted by Gasteiger charge is -2.20. The molecule has 0 bridgehead atoms. The van der Waals surface area contributed by atoms with Crippen LogP contribution >= 0.6 is 0 Å². The molecule has 0 nitrogen and oxygen atoms in total. The van der Waals surface area contributed by atoms with Gasteiger partial charge in [-0.05, 0) is 112 Å². The van der Waals surface area contributed by atoms with E-state index in [1.54, 1.807) is 6.08 Å². The van der Waals surface area contributed by atoms with Gasteiger partial charge in [-0.2, -0.15) is 0 Å². The van der Waals surface area contributed by atoms with Gasteiger partial charge < -0.3 is 0 Å². The zero-order chi connectivity index (χ0) is 35.6. The van der Waals surface area contributed by atoms with Gasteiger partial charge in [0.1, 0.15) is 0 Å². The largest absolute Gasteiger partial charge is 0.0991 e. The smallest absolute Gasteiger partial charge is 0.00260 e. The Morgan fingerprint density at radius 2 is 1.00 bits per heavy atom. The van der Waals surface area contributed by atoms with Crippen molar-refractivity contribution in [2.45, 2.75) is 6.42 Å². The highest BCUT2D eigenvalue weighted by atomic mass is 14.2. The molecule has 0 spiro atoms. The van der Waals surface area contributed by atoms with E-state index in [1.165, 1.54) is 93.2 Å². The summed E-state index contributed by atoms with van der Waals surface area (Å²) in [6.45, 7) is 3.80. The Bertz CT molecular complexity index is 2840. The molecule has 0 aliphatic rings. The number of rotatable bonds is 8. The Kier molecular flexibility index (Phi) is 8.56. The maximum Gasteiger partial charge on any atom is -0.00260 e. The Labute approximate surface area is 311 Å². The molecule has 0 saturated carbocycles. The SMILES string of the molecule is C=C/C=C\C=C/Cc1ccc2c(-c3ccc(-c4cccc5ccccc45)cc3)c3cc(-c4ccccc4)ccc3c(-c3ccc4ccccc4c3)c2c1. The molecule has 0 heteroatoms. The van der Waals surface area contributed by atoms with Crippen LogP contribution in [0.3, 0.4) is 0 Å². The van der Waals surface area contributed by atoms with Crippen LogP contribution in [-0.4, -0.2) is 0 Å². The fourth-order valence-electron chi connectivity index (χ4n) is 7.90. The summed E-state index contributed by atoms with van der Waals surface area (Å²) in [6, 6.07) is 64.9. The molecule has 0 N–H and O–H groups in total. The molecule has 9 aromatic rings. The Hall–Kier alpha value is -6.76. The molecule has 0 radical (unpaired) electrons. The predicted molar refractivity (Wildman–Crippen MR) is 230 cm³/mol. The van der Waals surface area contributed by atoms with Gasteiger partial charge >= 0.3 is 0 Å². The summed E-state index contributed by atoms with van der Waals surface area (Å²) in [5.41, 5.74) is 11.1. The van der Waals surface area contributed by atoms with Crippen molar-refractivity contribution in [1.29, 1.82) is 0 Å². The molecule has 0 aromatic heterocycles. The molecule has 0 unspecified atom stereocenters. The first-order valence-corrected chi connectivity index (χ1v) is 18.3. The number of benzene rings is 9. The molecule has 0 amide bonds. The average molecular weight is 675 g/mol. The molecule has 250 valence electrons. The van der Waals surface area contributed by atoms with E-state index in [9.17, 15) is 0 Å². The van der Waals surface area contributed by atoms with Gasteiger partial charge in [-0.25, -0.2) is 0 Å². The lowest BCUT2D eigenvalue weighted by molar-refractivity contribution is 1.28. The molecule has 0 fully saturated rings. The van der Waals surface area contributed by atoms with Crippen LogP contribution in [0, 0.1) is 0 Å². The average Bonchev–Trinajstić information content (AvgIpc) is 3.22. The van der Waals surface area contributed by atoms with E-state index in [4.69, 9.17) is 0 Å². The molecule has 9 aromatic carbocycles. The van der Waals surface area contributed by atoms with Gasteiger partial charge in [0.05, 0.1) is 0 Å². The molecule has 0 aliphatic carbocycles. The lowest BCUT2D eigenvalue weighted by Crippen LogP contribution is -1.94. The Balaban J connectivity index is 1.31. The standard InChI is InChI=1S/C53H38/c1-2-3-4-5-7-15-37-24-32-48-50(34-37)53(45-30-25-39-18-10-11-20-43(39)35-45)49-33-31-44(38-16-8-6-9-17-38)36-51(49)52(48)42-28-26-41(27-29-42)47-23-14-21-40-19-12-13-22-46(40)47/h2-14,16-36H,1,15H2/b4-3-,7-5-. The Morgan fingerprint density at radius 3 is 1.83 bits per heavy atom. The van der Waals surface area contributed by atoms with Crippen molar-refractivity contribution in [2.24, 2.45) is 0 Å². The van der Waals surface area contributed by atoms with Crippen LogP contribution in [0.15, 0.2) is 213 Å². The van der Waals surface area contributed by atoms with Crippen molar-refractivity contribution in [3.8, 4) is 44.5 Å². The summed E-state index contributed by atoms with van der Waals surface area (Å²) >= 11 is 0. The topological polar surface area (TPSA) is 0 Å². The number of allylic oxidation sites excluding steroid dienone is 5. The van der Waals surface area contributed by atoms with Crippen molar-refractivity contribution in [3.05, 3.63) is 218 Å². The van der Waals surface area contributed by atoms with Crippen LogP contribution < -0.4 is 0 Å². The second-order valence-electron chi connectivity index (χ2n) is 13.7. The third-order valence-electron chi connectivity index (χ3n) is 10.4. The van der Waals surface area contributed by atoms with Crippen LogP contribution in [-0.2, 0) is 6.42 Å². The lowest BCUT2D eigenvalue weighted by atomic mass is 9.83. The minimum absolute atomic E-state index is 0.842. The second-order valence-corrected chi connectivity index (χ2v) is 13.7. The molecule has 9 rings (SSSR count). The van der Waals surface area contributed by atoms with E-state index in [0.717, 1.165) is 6.42 Å². The number of hydrogen-bond acceptors (Lipinski definition) is 0. The van der Waals surface area contributed by atoms with E-state index in [0.29, 0.717) is 0 Å². The first-order valence-electron chi connectivity index (χ1n) is 18.3. The molecular weight excluding hydrogens is 637 g/mol. The highest BCUT2D eigenvalue weighted by molar-refractivity contribution is 6.22. The van der Waals surface area contributed by atoms with E-state index < -0.39 is 0 Å². The number of hydrogen-bond donors (Lipinski definition) is 0. The third-order valence-corrected chi connectivity index (χ3v) is 10.4. The fraction of sp³-hybridized carbons (Fsp3) is 0.0189. The van der Waals surface area contributed by atoms with Crippen molar-refractivity contribution in [3.63, 3.8) is 0 Å². The van der Waals surface area contributed by atoms with Crippen molar-refractivity contribution in [1.82, 2.24) is 0 Å². The summed E-state index contributed by atoms with van der Waals surface area (Å²) in [5.74, 6) is 0. The van der Waals surface area contributed by atoms with Gasteiger partial charge in [0.25, 0.3) is 0 Å². The molecule has 0 aliphatic heterocycles. The van der Waals surface area contributed by atoms with Gasteiger partial charge in [-0.15, -0.1) is 0 Å². The molecule has 0 heterocycles. The Morgan fingerprint density at radius 1 is 0.358 bits per heavy atom. The summed E-state index contributed by atoms with van der Waals surface area (Å²) in [6.07, 6.45) is 11.0. The zero-order valence-corrected chi connectivity index (χ0v) is 29.5. The summed E-state index contributed by atoms with van der Waals surface area (Å²) in [4.78, 5) is 0. The predicted octanol–water partition coefficient (Wildman–Crippen LogP) is 14.8. The first kappa shape index (κ1) is 32.2. The normalized spacial score (nSPS) is 11.8. The maximum absolute atomic E-state index is 3.80. The summed E-state index contributed by atoms with van der Waals surface area (Å²) in [5, 5.41) is 10.0. The van der Waals surface area contributed by atoms with Crippen molar-refractivity contribution >= 4 is 43.1 Å². The van der Waals surface area contributed by atoms with Crippen LogP contribution in [0.2, 0.25) is 0 Å². The minimum Gasteiger partial charge on any atom is -0.0991 e. The minimum atomic E-state index is 0.842. The first-order chi connectivity index (χ1) is 26.2.